The van der Waals surface area contributed by atoms with Gasteiger partial charge in [-0.25, -0.2) is 0 Å². The van der Waals surface area contributed by atoms with Gasteiger partial charge in [-0.2, -0.15) is 0 Å². The fraction of sp³-hybridized carbons (Fsp3) is 0.391. The minimum absolute atomic E-state index is 0.124. The Bertz CT molecular complexity index is 936. The minimum Gasteiger partial charge on any atom is -0.497 e. The number of carbonyl (C=O) groups excluding carboxylic acids is 2. The van der Waals surface area contributed by atoms with Crippen LogP contribution in [0.4, 0.5) is 0 Å². The van der Waals surface area contributed by atoms with E-state index in [0.29, 0.717) is 48.3 Å². The smallest absolute Gasteiger partial charge is 0.253 e. The molecule has 2 aromatic rings. The van der Waals surface area contributed by atoms with Gasteiger partial charge in [-0.3, -0.25) is 9.59 Å². The molecule has 0 aromatic heterocycles. The van der Waals surface area contributed by atoms with Gasteiger partial charge in [-0.15, -0.1) is 0 Å². The fourth-order valence-electron chi connectivity index (χ4n) is 3.89. The molecule has 0 radical (unpaired) electrons. The number of amides is 2. The molecule has 166 valence electrons. The highest BCUT2D eigenvalue weighted by atomic mass is 35.5. The minimum atomic E-state index is -0.428. The zero-order valence-electron chi connectivity index (χ0n) is 17.9. The lowest BCUT2D eigenvalue weighted by atomic mass is 9.87. The molecule has 0 bridgehead atoms. The number of methoxy groups -OCH3 is 3. The van der Waals surface area contributed by atoms with Crippen LogP contribution in [0.2, 0.25) is 5.02 Å². The van der Waals surface area contributed by atoms with Crippen molar-refractivity contribution in [2.45, 2.75) is 5.92 Å². The van der Waals surface area contributed by atoms with Crippen molar-refractivity contribution in [2.75, 3.05) is 47.6 Å². The number of hydrogen-bond donors (Lipinski definition) is 1. The Kier molecular flexibility index (Phi) is 7.76. The molecule has 3 rings (SSSR count). The van der Waals surface area contributed by atoms with Crippen LogP contribution in [-0.2, 0) is 9.53 Å². The number of benzene rings is 2. The fourth-order valence-corrected chi connectivity index (χ4v) is 4.08. The average molecular weight is 447 g/mol. The molecule has 2 aromatic carbocycles. The third kappa shape index (κ3) is 5.29. The van der Waals surface area contributed by atoms with Crippen LogP contribution in [0.25, 0.3) is 0 Å². The normalized spacial score (nSPS) is 18.0. The number of hydrogen-bond acceptors (Lipinski definition) is 5. The van der Waals surface area contributed by atoms with Crippen LogP contribution in [0.15, 0.2) is 42.5 Å². The first-order valence-corrected chi connectivity index (χ1v) is 10.4. The van der Waals surface area contributed by atoms with Gasteiger partial charge in [-0.05, 0) is 24.3 Å². The second-order valence-corrected chi connectivity index (χ2v) is 7.76. The van der Waals surface area contributed by atoms with Gasteiger partial charge in [0, 0.05) is 54.9 Å². The molecule has 7 nitrogen and oxygen atoms in total. The van der Waals surface area contributed by atoms with E-state index in [-0.39, 0.29) is 17.7 Å². The van der Waals surface area contributed by atoms with Crippen LogP contribution in [-0.4, -0.2) is 64.3 Å². The number of carbonyl (C=O) groups is 2. The van der Waals surface area contributed by atoms with Gasteiger partial charge in [0.05, 0.1) is 26.7 Å². The molecule has 1 saturated heterocycles. The lowest BCUT2D eigenvalue weighted by Crippen LogP contribution is -2.37. The first-order chi connectivity index (χ1) is 15.0. The Hall–Kier alpha value is -2.77. The number of rotatable bonds is 8. The second-order valence-electron chi connectivity index (χ2n) is 7.33. The molecule has 0 saturated carbocycles. The van der Waals surface area contributed by atoms with E-state index in [0.717, 1.165) is 5.56 Å². The molecule has 2 amide bonds. The number of nitrogens with one attached hydrogen (secondary N) is 1. The Balaban J connectivity index is 1.90. The summed E-state index contributed by atoms with van der Waals surface area (Å²) in [6.45, 7) is 1.50. The lowest BCUT2D eigenvalue weighted by Gasteiger charge is -2.21. The molecule has 31 heavy (non-hydrogen) atoms. The van der Waals surface area contributed by atoms with Crippen LogP contribution in [0.3, 0.4) is 0 Å². The SMILES string of the molecule is COCCNC(=O)[C@@H]1CN(C(=O)c2cccc(Cl)c2)C[C@H]1c1ccc(OC)cc1OC. The summed E-state index contributed by atoms with van der Waals surface area (Å²) in [6.07, 6.45) is 0. The molecule has 2 atom stereocenters. The highest BCUT2D eigenvalue weighted by molar-refractivity contribution is 6.30. The highest BCUT2D eigenvalue weighted by Gasteiger charge is 2.41. The summed E-state index contributed by atoms with van der Waals surface area (Å²) in [5.74, 6) is 0.338. The third-order valence-corrected chi connectivity index (χ3v) is 5.70. The predicted molar refractivity (Wildman–Crippen MR) is 118 cm³/mol. The molecule has 8 heteroatoms. The first-order valence-electron chi connectivity index (χ1n) is 10.0. The molecule has 1 heterocycles. The van der Waals surface area contributed by atoms with Crippen molar-refractivity contribution in [3.05, 3.63) is 58.6 Å². The van der Waals surface area contributed by atoms with Crippen molar-refractivity contribution in [1.29, 1.82) is 0 Å². The number of nitrogens with zero attached hydrogens (tertiary/aromatic N) is 1. The van der Waals surface area contributed by atoms with Crippen molar-refractivity contribution in [3.63, 3.8) is 0 Å². The Morgan fingerprint density at radius 3 is 2.58 bits per heavy atom. The number of ether oxygens (including phenoxy) is 3. The van der Waals surface area contributed by atoms with E-state index in [1.165, 1.54) is 0 Å². The van der Waals surface area contributed by atoms with Gasteiger partial charge >= 0.3 is 0 Å². The summed E-state index contributed by atoms with van der Waals surface area (Å²) in [6, 6.07) is 12.3. The summed E-state index contributed by atoms with van der Waals surface area (Å²) in [5, 5.41) is 3.40. The predicted octanol–water partition coefficient (Wildman–Crippen LogP) is 2.98. The zero-order valence-corrected chi connectivity index (χ0v) is 18.6. The summed E-state index contributed by atoms with van der Waals surface area (Å²) in [4.78, 5) is 27.8. The van der Waals surface area contributed by atoms with Crippen molar-refractivity contribution >= 4 is 23.4 Å². The van der Waals surface area contributed by atoms with Crippen LogP contribution in [0, 0.1) is 5.92 Å². The molecule has 1 N–H and O–H groups in total. The van der Waals surface area contributed by atoms with Gasteiger partial charge in [-0.1, -0.05) is 23.7 Å². The Labute approximate surface area is 187 Å². The maximum atomic E-state index is 13.1. The quantitative estimate of drug-likeness (QED) is 0.631. The van der Waals surface area contributed by atoms with E-state index >= 15 is 0 Å². The summed E-state index contributed by atoms with van der Waals surface area (Å²) < 4.78 is 15.9. The first kappa shape index (κ1) is 22.9. The van der Waals surface area contributed by atoms with E-state index in [1.807, 2.05) is 12.1 Å². The Morgan fingerprint density at radius 2 is 1.90 bits per heavy atom. The molecule has 0 unspecified atom stereocenters. The molecule has 1 aliphatic heterocycles. The van der Waals surface area contributed by atoms with Gasteiger partial charge in [0.15, 0.2) is 0 Å². The zero-order chi connectivity index (χ0) is 22.4. The average Bonchev–Trinajstić information content (AvgIpc) is 3.23. The Morgan fingerprint density at radius 1 is 1.10 bits per heavy atom. The van der Waals surface area contributed by atoms with Crippen molar-refractivity contribution < 1.29 is 23.8 Å². The number of halogens is 1. The van der Waals surface area contributed by atoms with Gasteiger partial charge in [0.25, 0.3) is 5.91 Å². The summed E-state index contributed by atoms with van der Waals surface area (Å²) in [5.41, 5.74) is 1.35. The molecular formula is C23H27ClN2O5. The topological polar surface area (TPSA) is 77.1 Å². The van der Waals surface area contributed by atoms with Crippen molar-refractivity contribution in [3.8, 4) is 11.5 Å². The molecule has 1 fully saturated rings. The monoisotopic (exact) mass is 446 g/mol. The van der Waals surface area contributed by atoms with Crippen LogP contribution in [0.1, 0.15) is 21.8 Å². The van der Waals surface area contributed by atoms with Crippen molar-refractivity contribution in [2.24, 2.45) is 5.92 Å². The largest absolute Gasteiger partial charge is 0.497 e. The van der Waals surface area contributed by atoms with Gasteiger partial charge in [0.1, 0.15) is 11.5 Å². The second kappa shape index (κ2) is 10.5. The highest BCUT2D eigenvalue weighted by Crippen LogP contribution is 2.39. The van der Waals surface area contributed by atoms with E-state index in [9.17, 15) is 9.59 Å². The molecule has 0 aliphatic carbocycles. The summed E-state index contributed by atoms with van der Waals surface area (Å²) >= 11 is 6.06. The number of likely N-dealkylation sites (tertiary alicyclic amines) is 1. The maximum absolute atomic E-state index is 13.1. The molecule has 0 spiro atoms. The van der Waals surface area contributed by atoms with Crippen LogP contribution in [0.5, 0.6) is 11.5 Å². The van der Waals surface area contributed by atoms with E-state index in [1.54, 1.807) is 56.6 Å². The van der Waals surface area contributed by atoms with E-state index in [2.05, 4.69) is 5.32 Å². The van der Waals surface area contributed by atoms with Crippen molar-refractivity contribution in [1.82, 2.24) is 10.2 Å². The third-order valence-electron chi connectivity index (χ3n) is 5.46. The van der Waals surface area contributed by atoms with E-state index < -0.39 is 5.92 Å². The van der Waals surface area contributed by atoms with Gasteiger partial charge < -0.3 is 24.4 Å². The van der Waals surface area contributed by atoms with E-state index in [4.69, 9.17) is 25.8 Å². The summed E-state index contributed by atoms with van der Waals surface area (Å²) in [7, 11) is 4.75. The molecular weight excluding hydrogens is 420 g/mol. The van der Waals surface area contributed by atoms with Gasteiger partial charge in [0.2, 0.25) is 5.91 Å². The van der Waals surface area contributed by atoms with Crippen LogP contribution < -0.4 is 14.8 Å². The standard InChI is InChI=1S/C23H27ClN2O5/c1-29-10-9-25-22(27)20-14-26(23(28)15-5-4-6-16(24)11-15)13-19(20)18-8-7-17(30-2)12-21(18)31-3/h4-8,11-12,19-20H,9-10,13-14H2,1-3H3,(H,25,27)/t19-,20+/m0/s1. The van der Waals surface area contributed by atoms with Crippen LogP contribution >= 0.6 is 11.6 Å². The molecule has 1 aliphatic rings. The lowest BCUT2D eigenvalue weighted by molar-refractivity contribution is -0.125. The maximum Gasteiger partial charge on any atom is 0.253 e.